The van der Waals surface area contributed by atoms with E-state index in [1.807, 2.05) is 18.2 Å². The fourth-order valence-electron chi connectivity index (χ4n) is 1.86. The second-order valence-electron chi connectivity index (χ2n) is 3.76. The summed E-state index contributed by atoms with van der Waals surface area (Å²) in [6, 6.07) is 12.2. The molecule has 0 saturated carbocycles. The highest BCUT2D eigenvalue weighted by atomic mass is 16.1. The predicted octanol–water partition coefficient (Wildman–Crippen LogP) is 3.60. The number of rotatable bonds is 2. The molecular formula is C14H14O. The summed E-state index contributed by atoms with van der Waals surface area (Å²) in [4.78, 5) is 11.3. The number of benzene rings is 2. The summed E-state index contributed by atoms with van der Waals surface area (Å²) >= 11 is 0. The van der Waals surface area contributed by atoms with Crippen LogP contribution in [0.25, 0.3) is 10.8 Å². The van der Waals surface area contributed by atoms with Gasteiger partial charge in [0.15, 0.2) is 5.78 Å². The first-order chi connectivity index (χ1) is 7.22. The number of hydrogen-bond donors (Lipinski definition) is 0. The highest BCUT2D eigenvalue weighted by molar-refractivity contribution is 5.99. The Morgan fingerprint density at radius 1 is 1.20 bits per heavy atom. The van der Waals surface area contributed by atoms with E-state index in [1.165, 1.54) is 16.3 Å². The summed E-state index contributed by atoms with van der Waals surface area (Å²) in [7, 11) is 0. The minimum atomic E-state index is 0.128. The van der Waals surface area contributed by atoms with E-state index in [4.69, 9.17) is 0 Å². The van der Waals surface area contributed by atoms with Crippen LogP contribution in [0, 0.1) is 0 Å². The van der Waals surface area contributed by atoms with E-state index in [9.17, 15) is 4.79 Å². The smallest absolute Gasteiger partial charge is 0.159 e. The molecule has 0 atom stereocenters. The van der Waals surface area contributed by atoms with Gasteiger partial charge in [0.25, 0.3) is 0 Å². The Hall–Kier alpha value is -1.63. The van der Waals surface area contributed by atoms with E-state index in [0.29, 0.717) is 0 Å². The fraction of sp³-hybridized carbons (Fsp3) is 0.214. The average Bonchev–Trinajstić information content (AvgIpc) is 2.27. The summed E-state index contributed by atoms with van der Waals surface area (Å²) < 4.78 is 0. The first kappa shape index (κ1) is 9.91. The molecule has 1 nitrogen and oxygen atoms in total. The SMILES string of the molecule is CCc1cccc2ccc(C(C)=O)cc12. The second-order valence-corrected chi connectivity index (χ2v) is 3.76. The van der Waals surface area contributed by atoms with E-state index >= 15 is 0 Å². The van der Waals surface area contributed by atoms with E-state index in [0.717, 1.165) is 12.0 Å². The van der Waals surface area contributed by atoms with E-state index < -0.39 is 0 Å². The van der Waals surface area contributed by atoms with E-state index in [-0.39, 0.29) is 5.78 Å². The second kappa shape index (κ2) is 3.85. The lowest BCUT2D eigenvalue weighted by Crippen LogP contribution is -1.92. The third kappa shape index (κ3) is 1.78. The summed E-state index contributed by atoms with van der Waals surface area (Å²) in [6.45, 7) is 3.74. The van der Waals surface area contributed by atoms with Crippen LogP contribution in [0.4, 0.5) is 0 Å². The first-order valence-corrected chi connectivity index (χ1v) is 5.25. The Labute approximate surface area is 89.7 Å². The number of carbonyl (C=O) groups is 1. The standard InChI is InChI=1S/C14H14O/c1-3-11-5-4-6-12-7-8-13(10(2)15)9-14(11)12/h4-9H,3H2,1-2H3. The zero-order valence-corrected chi connectivity index (χ0v) is 9.08. The first-order valence-electron chi connectivity index (χ1n) is 5.25. The molecule has 0 unspecified atom stereocenters. The van der Waals surface area contributed by atoms with Crippen molar-refractivity contribution in [3.63, 3.8) is 0 Å². The van der Waals surface area contributed by atoms with Crippen LogP contribution in [0.15, 0.2) is 36.4 Å². The molecule has 15 heavy (non-hydrogen) atoms. The van der Waals surface area contributed by atoms with Crippen molar-refractivity contribution in [2.75, 3.05) is 0 Å². The maximum absolute atomic E-state index is 11.3. The van der Waals surface area contributed by atoms with E-state index in [1.54, 1.807) is 6.92 Å². The van der Waals surface area contributed by atoms with Crippen molar-refractivity contribution in [2.45, 2.75) is 20.3 Å². The maximum atomic E-state index is 11.3. The molecule has 0 aliphatic carbocycles. The normalized spacial score (nSPS) is 10.5. The molecule has 0 N–H and O–H groups in total. The lowest BCUT2D eigenvalue weighted by atomic mass is 9.99. The van der Waals surface area contributed by atoms with Crippen LogP contribution in [0.2, 0.25) is 0 Å². The number of hydrogen-bond acceptors (Lipinski definition) is 1. The molecule has 0 fully saturated rings. The van der Waals surface area contributed by atoms with Crippen molar-refractivity contribution in [3.8, 4) is 0 Å². The van der Waals surface area contributed by atoms with Crippen LogP contribution in [-0.2, 0) is 6.42 Å². The Kier molecular flexibility index (Phi) is 2.55. The Bertz CT molecular complexity index is 512. The maximum Gasteiger partial charge on any atom is 0.159 e. The van der Waals surface area contributed by atoms with Crippen LogP contribution < -0.4 is 0 Å². The molecule has 0 heterocycles. The van der Waals surface area contributed by atoms with Gasteiger partial charge in [0, 0.05) is 5.56 Å². The number of fused-ring (bicyclic) bond motifs is 1. The molecule has 0 spiro atoms. The Morgan fingerprint density at radius 2 is 2.00 bits per heavy atom. The van der Waals surface area contributed by atoms with Crippen molar-refractivity contribution >= 4 is 16.6 Å². The van der Waals surface area contributed by atoms with Crippen LogP contribution >= 0.6 is 0 Å². The van der Waals surface area contributed by atoms with Crippen molar-refractivity contribution in [2.24, 2.45) is 0 Å². The lowest BCUT2D eigenvalue weighted by Gasteiger charge is -2.05. The quantitative estimate of drug-likeness (QED) is 0.674. The molecule has 1 heteroatoms. The molecule has 0 aliphatic heterocycles. The Balaban J connectivity index is 2.72. The van der Waals surface area contributed by atoms with Gasteiger partial charge in [0.1, 0.15) is 0 Å². The van der Waals surface area contributed by atoms with Crippen molar-refractivity contribution in [1.29, 1.82) is 0 Å². The van der Waals surface area contributed by atoms with Gasteiger partial charge in [-0.1, -0.05) is 37.3 Å². The number of aryl methyl sites for hydroxylation is 1. The topological polar surface area (TPSA) is 17.1 Å². The molecule has 0 saturated heterocycles. The summed E-state index contributed by atoms with van der Waals surface area (Å²) in [5, 5.41) is 2.41. The van der Waals surface area contributed by atoms with Crippen LogP contribution in [-0.4, -0.2) is 5.78 Å². The molecule has 0 aliphatic rings. The average molecular weight is 198 g/mol. The van der Waals surface area contributed by atoms with Gasteiger partial charge in [-0.2, -0.15) is 0 Å². The van der Waals surface area contributed by atoms with Crippen molar-refractivity contribution < 1.29 is 4.79 Å². The van der Waals surface area contributed by atoms with Crippen LogP contribution in [0.3, 0.4) is 0 Å². The van der Waals surface area contributed by atoms with Gasteiger partial charge in [0.05, 0.1) is 0 Å². The van der Waals surface area contributed by atoms with Gasteiger partial charge >= 0.3 is 0 Å². The van der Waals surface area contributed by atoms with Gasteiger partial charge in [0.2, 0.25) is 0 Å². The molecule has 2 rings (SSSR count). The highest BCUT2D eigenvalue weighted by Gasteiger charge is 2.03. The van der Waals surface area contributed by atoms with Gasteiger partial charge in [-0.05, 0) is 35.7 Å². The molecule has 2 aromatic carbocycles. The summed E-state index contributed by atoms with van der Waals surface area (Å²) in [5.74, 6) is 0.128. The van der Waals surface area contributed by atoms with Crippen LogP contribution in [0.1, 0.15) is 29.8 Å². The molecule has 0 aromatic heterocycles. The molecular weight excluding hydrogens is 184 g/mol. The minimum absolute atomic E-state index is 0.128. The highest BCUT2D eigenvalue weighted by Crippen LogP contribution is 2.21. The predicted molar refractivity (Wildman–Crippen MR) is 63.3 cm³/mol. The largest absolute Gasteiger partial charge is 0.295 e. The van der Waals surface area contributed by atoms with Crippen molar-refractivity contribution in [3.05, 3.63) is 47.5 Å². The number of carbonyl (C=O) groups excluding carboxylic acids is 1. The van der Waals surface area contributed by atoms with Gasteiger partial charge in [-0.15, -0.1) is 0 Å². The zero-order valence-electron chi connectivity index (χ0n) is 9.08. The number of Topliss-reactive ketones (excluding diaryl/α,β-unsaturated/α-hetero) is 1. The summed E-state index contributed by atoms with van der Waals surface area (Å²) in [6.07, 6.45) is 0.999. The third-order valence-corrected chi connectivity index (χ3v) is 2.76. The molecule has 2 aromatic rings. The van der Waals surface area contributed by atoms with Gasteiger partial charge < -0.3 is 0 Å². The third-order valence-electron chi connectivity index (χ3n) is 2.76. The zero-order chi connectivity index (χ0) is 10.8. The lowest BCUT2D eigenvalue weighted by molar-refractivity contribution is 0.101. The minimum Gasteiger partial charge on any atom is -0.295 e. The Morgan fingerprint density at radius 3 is 2.67 bits per heavy atom. The van der Waals surface area contributed by atoms with E-state index in [2.05, 4.69) is 25.1 Å². The molecule has 0 amide bonds. The monoisotopic (exact) mass is 198 g/mol. The molecule has 0 radical (unpaired) electrons. The molecule has 76 valence electrons. The van der Waals surface area contributed by atoms with Gasteiger partial charge in [-0.3, -0.25) is 4.79 Å². The summed E-state index contributed by atoms with van der Waals surface area (Å²) in [5.41, 5.74) is 2.10. The fourth-order valence-corrected chi connectivity index (χ4v) is 1.86. The number of ketones is 1. The van der Waals surface area contributed by atoms with Gasteiger partial charge in [-0.25, -0.2) is 0 Å². The van der Waals surface area contributed by atoms with Crippen LogP contribution in [0.5, 0.6) is 0 Å². The van der Waals surface area contributed by atoms with Crippen molar-refractivity contribution in [1.82, 2.24) is 0 Å². The molecule has 0 bridgehead atoms.